The van der Waals surface area contributed by atoms with Gasteiger partial charge in [-0.3, -0.25) is 0 Å². The molecule has 0 saturated carbocycles. The van der Waals surface area contributed by atoms with E-state index < -0.39 is 10.0 Å². The van der Waals surface area contributed by atoms with E-state index in [0.717, 1.165) is 17.1 Å². The van der Waals surface area contributed by atoms with E-state index in [1.54, 1.807) is 0 Å². The predicted octanol–water partition coefficient (Wildman–Crippen LogP) is 1.53. The van der Waals surface area contributed by atoms with E-state index >= 15 is 0 Å². The van der Waals surface area contributed by atoms with Crippen LogP contribution in [0.2, 0.25) is 0 Å². The molecule has 1 aliphatic rings. The Kier molecular flexibility index (Phi) is 4.32. The van der Waals surface area contributed by atoms with Crippen LogP contribution in [0.4, 0.5) is 5.82 Å². The highest BCUT2D eigenvalue weighted by Crippen LogP contribution is 2.20. The highest BCUT2D eigenvalue weighted by molar-refractivity contribution is 7.88. The van der Waals surface area contributed by atoms with Crippen LogP contribution in [0.5, 0.6) is 0 Å². The lowest BCUT2D eigenvalue weighted by atomic mass is 10.1. The molecule has 1 fully saturated rings. The molecular weight excluding hydrogens is 312 g/mol. The molecule has 23 heavy (non-hydrogen) atoms. The molecule has 122 valence electrons. The zero-order valence-corrected chi connectivity index (χ0v) is 14.1. The lowest BCUT2D eigenvalue weighted by Crippen LogP contribution is -2.48. The lowest BCUT2D eigenvalue weighted by molar-refractivity contribution is 0.386. The number of nitrogens with zero attached hydrogens (tertiary/aromatic N) is 4. The number of hydrogen-bond donors (Lipinski definition) is 0. The highest BCUT2D eigenvalue weighted by Gasteiger charge is 2.24. The van der Waals surface area contributed by atoms with Crippen molar-refractivity contribution in [2.24, 2.45) is 0 Å². The highest BCUT2D eigenvalue weighted by atomic mass is 32.2. The van der Waals surface area contributed by atoms with Gasteiger partial charge in [-0.05, 0) is 19.1 Å². The first-order valence-corrected chi connectivity index (χ1v) is 9.39. The summed E-state index contributed by atoms with van der Waals surface area (Å²) in [6, 6.07) is 12.1. The molecule has 0 bridgehead atoms. The molecule has 2 heterocycles. The van der Waals surface area contributed by atoms with E-state index in [2.05, 4.69) is 34.2 Å². The van der Waals surface area contributed by atoms with Gasteiger partial charge in [0, 0.05) is 31.7 Å². The maximum Gasteiger partial charge on any atom is 0.211 e. The molecule has 0 N–H and O–H groups in total. The average Bonchev–Trinajstić information content (AvgIpc) is 2.55. The summed E-state index contributed by atoms with van der Waals surface area (Å²) in [5.41, 5.74) is 3.09. The Labute approximate surface area is 136 Å². The third-order valence-corrected chi connectivity index (χ3v) is 5.33. The molecule has 1 saturated heterocycles. The summed E-state index contributed by atoms with van der Waals surface area (Å²) < 4.78 is 24.6. The van der Waals surface area contributed by atoms with Crippen molar-refractivity contribution in [1.29, 1.82) is 0 Å². The van der Waals surface area contributed by atoms with E-state index in [-0.39, 0.29) is 0 Å². The first-order chi connectivity index (χ1) is 10.9. The average molecular weight is 332 g/mol. The fourth-order valence-electron chi connectivity index (χ4n) is 2.62. The standard InChI is InChI=1S/C16H20N4O2S/c1-13-3-5-14(6-4-13)15-7-8-16(18-17-15)19-9-11-20(12-10-19)23(2,21)22/h3-8H,9-12H2,1-2H3. The lowest BCUT2D eigenvalue weighted by Gasteiger charge is -2.33. The van der Waals surface area contributed by atoms with Crippen LogP contribution in [-0.4, -0.2) is 55.4 Å². The van der Waals surface area contributed by atoms with Crippen molar-refractivity contribution < 1.29 is 8.42 Å². The van der Waals surface area contributed by atoms with Gasteiger partial charge in [0.15, 0.2) is 5.82 Å². The second-order valence-electron chi connectivity index (χ2n) is 5.79. The number of aryl methyl sites for hydroxylation is 1. The van der Waals surface area contributed by atoms with Crippen molar-refractivity contribution in [3.8, 4) is 11.3 Å². The Bertz CT molecular complexity index is 765. The van der Waals surface area contributed by atoms with Gasteiger partial charge in [-0.15, -0.1) is 10.2 Å². The van der Waals surface area contributed by atoms with Gasteiger partial charge in [0.2, 0.25) is 10.0 Å². The maximum atomic E-state index is 11.5. The van der Waals surface area contributed by atoms with Crippen molar-refractivity contribution in [1.82, 2.24) is 14.5 Å². The van der Waals surface area contributed by atoms with Crippen LogP contribution in [0, 0.1) is 6.92 Å². The number of piperazine rings is 1. The molecule has 6 nitrogen and oxygen atoms in total. The Morgan fingerprint density at radius 3 is 2.09 bits per heavy atom. The van der Waals surface area contributed by atoms with Gasteiger partial charge in [0.05, 0.1) is 11.9 Å². The zero-order chi connectivity index (χ0) is 16.4. The van der Waals surface area contributed by atoms with Crippen LogP contribution in [0.25, 0.3) is 11.3 Å². The third kappa shape index (κ3) is 3.68. The fraction of sp³-hybridized carbons (Fsp3) is 0.375. The van der Waals surface area contributed by atoms with Crippen LogP contribution in [0.3, 0.4) is 0 Å². The summed E-state index contributed by atoms with van der Waals surface area (Å²) in [7, 11) is -3.11. The SMILES string of the molecule is Cc1ccc(-c2ccc(N3CCN(S(C)(=O)=O)CC3)nn2)cc1. The molecule has 1 aromatic carbocycles. The van der Waals surface area contributed by atoms with Gasteiger partial charge in [-0.2, -0.15) is 4.31 Å². The Balaban J connectivity index is 1.70. The zero-order valence-electron chi connectivity index (χ0n) is 13.3. The number of benzene rings is 1. The molecule has 3 rings (SSSR count). The normalized spacial score (nSPS) is 16.5. The summed E-state index contributed by atoms with van der Waals surface area (Å²) in [6.07, 6.45) is 1.25. The predicted molar refractivity (Wildman–Crippen MR) is 90.8 cm³/mol. The van der Waals surface area contributed by atoms with Crippen LogP contribution < -0.4 is 4.90 Å². The topological polar surface area (TPSA) is 66.4 Å². The minimum atomic E-state index is -3.11. The van der Waals surface area contributed by atoms with E-state index in [4.69, 9.17) is 0 Å². The summed E-state index contributed by atoms with van der Waals surface area (Å²) in [6.45, 7) is 4.28. The number of aromatic nitrogens is 2. The largest absolute Gasteiger partial charge is 0.352 e. The summed E-state index contributed by atoms with van der Waals surface area (Å²) >= 11 is 0. The van der Waals surface area contributed by atoms with Gasteiger partial charge in [0.1, 0.15) is 0 Å². The van der Waals surface area contributed by atoms with Gasteiger partial charge < -0.3 is 4.90 Å². The van der Waals surface area contributed by atoms with Crippen molar-refractivity contribution >= 4 is 15.8 Å². The molecule has 0 radical (unpaired) electrons. The van der Waals surface area contributed by atoms with Crippen LogP contribution in [-0.2, 0) is 10.0 Å². The second-order valence-corrected chi connectivity index (χ2v) is 7.77. The Morgan fingerprint density at radius 1 is 0.913 bits per heavy atom. The van der Waals surface area contributed by atoms with Gasteiger partial charge in [-0.25, -0.2) is 8.42 Å². The first kappa shape index (κ1) is 15.9. The van der Waals surface area contributed by atoms with E-state index in [1.165, 1.54) is 16.1 Å². The number of hydrogen-bond acceptors (Lipinski definition) is 5. The van der Waals surface area contributed by atoms with Crippen molar-refractivity contribution in [2.75, 3.05) is 37.3 Å². The van der Waals surface area contributed by atoms with E-state index in [1.807, 2.05) is 24.3 Å². The molecule has 0 aliphatic carbocycles. The Hall–Kier alpha value is -1.99. The number of sulfonamides is 1. The Morgan fingerprint density at radius 2 is 1.57 bits per heavy atom. The van der Waals surface area contributed by atoms with Crippen molar-refractivity contribution in [2.45, 2.75) is 6.92 Å². The first-order valence-electron chi connectivity index (χ1n) is 7.54. The van der Waals surface area contributed by atoms with Gasteiger partial charge in [0.25, 0.3) is 0 Å². The summed E-state index contributed by atoms with van der Waals surface area (Å²) in [4.78, 5) is 2.06. The molecule has 0 spiro atoms. The number of rotatable bonds is 3. The molecular formula is C16H20N4O2S. The fourth-order valence-corrected chi connectivity index (χ4v) is 3.45. The minimum Gasteiger partial charge on any atom is -0.352 e. The smallest absolute Gasteiger partial charge is 0.211 e. The van der Waals surface area contributed by atoms with Crippen molar-refractivity contribution in [3.05, 3.63) is 42.0 Å². The molecule has 2 aromatic rings. The molecule has 1 aliphatic heterocycles. The van der Waals surface area contributed by atoms with Gasteiger partial charge >= 0.3 is 0 Å². The minimum absolute atomic E-state index is 0.486. The molecule has 1 aromatic heterocycles. The molecule has 7 heteroatoms. The van der Waals surface area contributed by atoms with Gasteiger partial charge in [-0.1, -0.05) is 29.8 Å². The maximum absolute atomic E-state index is 11.5. The monoisotopic (exact) mass is 332 g/mol. The molecule has 0 atom stereocenters. The molecule has 0 amide bonds. The van der Waals surface area contributed by atoms with Crippen LogP contribution >= 0.6 is 0 Å². The quantitative estimate of drug-likeness (QED) is 0.853. The van der Waals surface area contributed by atoms with Crippen LogP contribution in [0.1, 0.15) is 5.56 Å². The second kappa shape index (κ2) is 6.25. The van der Waals surface area contributed by atoms with Crippen LogP contribution in [0.15, 0.2) is 36.4 Å². The summed E-state index contributed by atoms with van der Waals surface area (Å²) in [5, 5.41) is 8.59. The molecule has 0 unspecified atom stereocenters. The van der Waals surface area contributed by atoms with E-state index in [0.29, 0.717) is 26.2 Å². The summed E-state index contributed by atoms with van der Waals surface area (Å²) in [5.74, 6) is 0.786. The van der Waals surface area contributed by atoms with E-state index in [9.17, 15) is 8.42 Å². The van der Waals surface area contributed by atoms with Crippen molar-refractivity contribution in [3.63, 3.8) is 0 Å². The number of anilines is 1. The third-order valence-electron chi connectivity index (χ3n) is 4.03.